The lowest BCUT2D eigenvalue weighted by molar-refractivity contribution is -0.153. The van der Waals surface area contributed by atoms with Gasteiger partial charge in [0.2, 0.25) is 5.78 Å². The summed E-state index contributed by atoms with van der Waals surface area (Å²) in [5.74, 6) is -7.36. The van der Waals surface area contributed by atoms with E-state index in [-0.39, 0.29) is 35.4 Å². The SMILES string of the molecule is COC(=O)Nc1ccc(O)c2c1C[C@H]1C[C@H]3[C@H](N(C)C)C(=O)C(C(N)=O)=C(O)[C@@]3(O)C(=O)C1=C2O. The van der Waals surface area contributed by atoms with Crippen LogP contribution < -0.4 is 11.1 Å². The van der Waals surface area contributed by atoms with Gasteiger partial charge in [-0.25, -0.2) is 4.79 Å². The van der Waals surface area contributed by atoms with Crippen molar-refractivity contribution in [3.05, 3.63) is 40.2 Å². The normalized spacial score (nSPS) is 27.9. The summed E-state index contributed by atoms with van der Waals surface area (Å²) in [7, 11) is 4.20. The van der Waals surface area contributed by atoms with Crippen molar-refractivity contribution in [1.82, 2.24) is 4.90 Å². The Bertz CT molecular complexity index is 1250. The minimum Gasteiger partial charge on any atom is -0.508 e. The average molecular weight is 487 g/mol. The number of ketones is 2. The van der Waals surface area contributed by atoms with Gasteiger partial charge in [-0.15, -0.1) is 0 Å². The van der Waals surface area contributed by atoms with E-state index in [0.29, 0.717) is 5.56 Å². The Morgan fingerprint density at radius 2 is 1.86 bits per heavy atom. The second-order valence-corrected chi connectivity index (χ2v) is 9.06. The van der Waals surface area contributed by atoms with Gasteiger partial charge in [-0.1, -0.05) is 0 Å². The van der Waals surface area contributed by atoms with Crippen molar-refractivity contribution in [2.45, 2.75) is 24.5 Å². The summed E-state index contributed by atoms with van der Waals surface area (Å²) < 4.78 is 4.62. The first-order valence-electron chi connectivity index (χ1n) is 10.7. The molecule has 3 aliphatic carbocycles. The molecule has 0 unspecified atom stereocenters. The number of amides is 2. The minimum atomic E-state index is -2.71. The maximum atomic E-state index is 13.7. The van der Waals surface area contributed by atoms with Crippen LogP contribution in [-0.2, 0) is 25.5 Å². The Morgan fingerprint density at radius 3 is 2.43 bits per heavy atom. The number of phenols is 1. The lowest BCUT2D eigenvalue weighted by atomic mass is 9.57. The highest BCUT2D eigenvalue weighted by Crippen LogP contribution is 2.53. The molecule has 12 heteroatoms. The van der Waals surface area contributed by atoms with E-state index in [2.05, 4.69) is 10.1 Å². The van der Waals surface area contributed by atoms with Crippen molar-refractivity contribution >= 4 is 35.0 Å². The number of fused-ring (bicyclic) bond motifs is 3. The fraction of sp³-hybridized carbons (Fsp3) is 0.391. The molecule has 7 N–H and O–H groups in total. The number of primary amides is 1. The fourth-order valence-corrected chi connectivity index (χ4v) is 5.52. The van der Waals surface area contributed by atoms with Crippen LogP contribution in [0.1, 0.15) is 17.5 Å². The zero-order valence-corrected chi connectivity index (χ0v) is 19.2. The zero-order valence-electron chi connectivity index (χ0n) is 19.2. The van der Waals surface area contributed by atoms with Gasteiger partial charge in [-0.3, -0.25) is 24.6 Å². The molecule has 1 aromatic carbocycles. The van der Waals surface area contributed by atoms with Gasteiger partial charge in [0.05, 0.1) is 18.7 Å². The van der Waals surface area contributed by atoms with Crippen LogP contribution in [0.5, 0.6) is 5.75 Å². The lowest BCUT2D eigenvalue weighted by Gasteiger charge is -2.50. The van der Waals surface area contributed by atoms with Crippen LogP contribution in [-0.4, -0.2) is 81.7 Å². The molecular formula is C23H25N3O9. The number of hydrogen-bond donors (Lipinski definition) is 6. The molecule has 0 aliphatic heterocycles. The number of ether oxygens (including phenoxy) is 1. The van der Waals surface area contributed by atoms with Crippen molar-refractivity contribution in [1.29, 1.82) is 0 Å². The maximum Gasteiger partial charge on any atom is 0.411 e. The summed E-state index contributed by atoms with van der Waals surface area (Å²) in [5.41, 5.74) is 1.85. The van der Waals surface area contributed by atoms with Gasteiger partial charge in [0.25, 0.3) is 5.91 Å². The lowest BCUT2D eigenvalue weighted by Crippen LogP contribution is -2.65. The number of benzene rings is 1. The smallest absolute Gasteiger partial charge is 0.411 e. The summed E-state index contributed by atoms with van der Waals surface area (Å²) in [5, 5.41) is 46.4. The van der Waals surface area contributed by atoms with E-state index in [1.54, 1.807) is 0 Å². The first-order valence-corrected chi connectivity index (χ1v) is 10.7. The topological polar surface area (TPSA) is 200 Å². The van der Waals surface area contributed by atoms with Gasteiger partial charge in [0.1, 0.15) is 22.8 Å². The number of nitrogens with two attached hydrogens (primary N) is 1. The molecule has 3 aliphatic rings. The van der Waals surface area contributed by atoms with Gasteiger partial charge >= 0.3 is 6.09 Å². The van der Waals surface area contributed by atoms with Gasteiger partial charge in [-0.05, 0) is 50.6 Å². The molecule has 0 bridgehead atoms. The standard InChI is InChI=1S/C23H25N3O9/c1-26(2)16-10-7-8-6-9-11(25-22(33)35-3)4-5-12(27)14(9)17(28)13(8)19(30)23(10,34)20(31)15(18(16)29)21(24)32/h4-5,8,10,16,27-28,31,34H,6-7H2,1-3H3,(H2,24,32)(H,25,33)/t8-,10-,16-,23-/m0/s1. The number of carbonyl (C=O) groups excluding carboxylic acids is 4. The van der Waals surface area contributed by atoms with E-state index in [0.717, 1.165) is 0 Å². The molecule has 4 rings (SSSR count). The molecule has 2 amide bonds. The molecule has 4 atom stereocenters. The zero-order chi connectivity index (χ0) is 26.0. The number of rotatable bonds is 3. The highest BCUT2D eigenvalue weighted by Gasteiger charge is 2.64. The van der Waals surface area contributed by atoms with Crippen LogP contribution in [0.2, 0.25) is 0 Å². The maximum absolute atomic E-state index is 13.7. The highest BCUT2D eigenvalue weighted by atomic mass is 16.5. The van der Waals surface area contributed by atoms with E-state index in [1.165, 1.54) is 38.2 Å². The second kappa shape index (κ2) is 8.10. The number of aromatic hydroxyl groups is 1. The molecule has 1 saturated carbocycles. The Balaban J connectivity index is 1.95. The Hall–Kier alpha value is -3.90. The van der Waals surface area contributed by atoms with Gasteiger partial charge in [0, 0.05) is 17.2 Å². The van der Waals surface area contributed by atoms with Crippen LogP contribution in [0, 0.1) is 11.8 Å². The van der Waals surface area contributed by atoms with Crippen molar-refractivity contribution in [2.24, 2.45) is 17.6 Å². The van der Waals surface area contributed by atoms with E-state index >= 15 is 0 Å². The van der Waals surface area contributed by atoms with Crippen LogP contribution in [0.4, 0.5) is 10.5 Å². The number of aliphatic hydroxyl groups excluding tert-OH is 2. The van der Waals surface area contributed by atoms with Crippen molar-refractivity contribution in [3.63, 3.8) is 0 Å². The number of nitrogens with one attached hydrogen (secondary N) is 1. The molecule has 0 saturated heterocycles. The number of nitrogens with zero attached hydrogens (tertiary/aromatic N) is 1. The van der Waals surface area contributed by atoms with Crippen LogP contribution in [0.25, 0.3) is 5.76 Å². The molecule has 0 spiro atoms. The average Bonchev–Trinajstić information content (AvgIpc) is 2.77. The molecule has 12 nitrogen and oxygen atoms in total. The molecule has 0 aromatic heterocycles. The quantitative estimate of drug-likeness (QED) is 0.252. The third kappa shape index (κ3) is 3.28. The number of hydrogen-bond acceptors (Lipinski definition) is 10. The van der Waals surface area contributed by atoms with E-state index in [1.807, 2.05) is 0 Å². The monoisotopic (exact) mass is 487 g/mol. The first kappa shape index (κ1) is 24.2. The van der Waals surface area contributed by atoms with Gasteiger partial charge in [-0.2, -0.15) is 0 Å². The molecule has 0 heterocycles. The third-order valence-corrected chi connectivity index (χ3v) is 7.03. The predicted octanol–water partition coefficient (Wildman–Crippen LogP) is 0.142. The molecule has 1 aromatic rings. The van der Waals surface area contributed by atoms with Crippen LogP contribution in [0.15, 0.2) is 29.0 Å². The van der Waals surface area contributed by atoms with Gasteiger partial charge in [0.15, 0.2) is 11.4 Å². The summed E-state index contributed by atoms with van der Waals surface area (Å²) in [6, 6.07) is 1.44. The van der Waals surface area contributed by atoms with Crippen LogP contribution >= 0.6 is 0 Å². The van der Waals surface area contributed by atoms with Crippen molar-refractivity contribution in [3.8, 4) is 5.75 Å². The number of anilines is 1. The molecule has 0 radical (unpaired) electrons. The fourth-order valence-electron chi connectivity index (χ4n) is 5.52. The molecular weight excluding hydrogens is 462 g/mol. The Labute approximate surface area is 199 Å². The summed E-state index contributed by atoms with van der Waals surface area (Å²) in [6.07, 6.45) is -0.803. The Kier molecular flexibility index (Phi) is 5.61. The largest absolute Gasteiger partial charge is 0.508 e. The summed E-state index contributed by atoms with van der Waals surface area (Å²) >= 11 is 0. The van der Waals surface area contributed by atoms with E-state index in [9.17, 15) is 39.6 Å². The van der Waals surface area contributed by atoms with Crippen molar-refractivity contribution < 1.29 is 44.3 Å². The number of Topliss-reactive ketones (excluding diaryl/α,β-unsaturated/α-hetero) is 2. The minimum absolute atomic E-state index is 0.0439. The number of carbonyl (C=O) groups is 4. The van der Waals surface area contributed by atoms with Crippen molar-refractivity contribution in [2.75, 3.05) is 26.5 Å². The number of methoxy groups -OCH3 is 1. The summed E-state index contributed by atoms with van der Waals surface area (Å²) in [4.78, 5) is 52.0. The van der Waals surface area contributed by atoms with Gasteiger partial charge < -0.3 is 30.9 Å². The van der Waals surface area contributed by atoms with Crippen LogP contribution in [0.3, 0.4) is 0 Å². The molecule has 35 heavy (non-hydrogen) atoms. The number of aliphatic hydroxyl groups is 3. The Morgan fingerprint density at radius 1 is 1.20 bits per heavy atom. The number of likely N-dealkylation sites (N-methyl/N-ethyl adjacent to an activating group) is 1. The predicted molar refractivity (Wildman–Crippen MR) is 120 cm³/mol. The first-order chi connectivity index (χ1) is 16.4. The molecule has 1 fully saturated rings. The summed E-state index contributed by atoms with van der Waals surface area (Å²) in [6.45, 7) is 0. The second-order valence-electron chi connectivity index (χ2n) is 9.06. The van der Waals surface area contributed by atoms with E-state index in [4.69, 9.17) is 5.73 Å². The molecule has 186 valence electrons. The highest BCUT2D eigenvalue weighted by molar-refractivity contribution is 6.24. The number of phenolic OH excluding ortho intramolecular Hbond substituents is 1. The third-order valence-electron chi connectivity index (χ3n) is 7.03. The van der Waals surface area contributed by atoms with E-state index < -0.39 is 64.1 Å².